The molecule has 2 heterocycles. The van der Waals surface area contributed by atoms with Crippen LogP contribution in [0.25, 0.3) is 22.1 Å². The van der Waals surface area contributed by atoms with E-state index in [2.05, 4.69) is 15.0 Å². The minimum absolute atomic E-state index is 0.672. The fraction of sp³-hybridized carbons (Fsp3) is 0.111. The van der Waals surface area contributed by atoms with Gasteiger partial charge in [0.15, 0.2) is 11.5 Å². The summed E-state index contributed by atoms with van der Waals surface area (Å²) in [6.07, 6.45) is 1.65. The number of imidazole rings is 1. The first kappa shape index (κ1) is 6.65. The van der Waals surface area contributed by atoms with Crippen molar-refractivity contribution in [2.24, 2.45) is 0 Å². The summed E-state index contributed by atoms with van der Waals surface area (Å²) in [6, 6.07) is 3.87. The number of nitrogens with zero attached hydrogens (tertiary/aromatic N) is 2. The molecule has 4 nitrogen and oxygen atoms in total. The summed E-state index contributed by atoms with van der Waals surface area (Å²) >= 11 is 0. The van der Waals surface area contributed by atoms with Crippen LogP contribution < -0.4 is 0 Å². The third kappa shape index (κ3) is 0.796. The topological polar surface area (TPSA) is 54.7 Å². The molecule has 0 aliphatic heterocycles. The second-order valence-electron chi connectivity index (χ2n) is 2.95. The number of benzene rings is 1. The van der Waals surface area contributed by atoms with Crippen molar-refractivity contribution in [3.8, 4) is 0 Å². The van der Waals surface area contributed by atoms with Crippen molar-refractivity contribution in [1.29, 1.82) is 0 Å². The molecule has 0 unspecified atom stereocenters. The lowest BCUT2D eigenvalue weighted by molar-refractivity contribution is 0.563. The number of nitrogens with one attached hydrogen (secondary N) is 1. The molecule has 0 saturated carbocycles. The lowest BCUT2D eigenvalue weighted by Crippen LogP contribution is -1.71. The van der Waals surface area contributed by atoms with Gasteiger partial charge in [-0.05, 0) is 12.1 Å². The van der Waals surface area contributed by atoms with Crippen molar-refractivity contribution < 1.29 is 4.42 Å². The number of fused-ring (bicyclic) bond motifs is 3. The quantitative estimate of drug-likeness (QED) is 0.565. The molecule has 0 atom stereocenters. The molecule has 0 aliphatic rings. The average Bonchev–Trinajstić information content (AvgIpc) is 2.65. The van der Waals surface area contributed by atoms with Crippen LogP contribution in [0.3, 0.4) is 0 Å². The molecule has 0 aliphatic carbocycles. The van der Waals surface area contributed by atoms with E-state index < -0.39 is 0 Å². The van der Waals surface area contributed by atoms with Crippen molar-refractivity contribution in [2.45, 2.75) is 6.92 Å². The largest absolute Gasteiger partial charge is 0.439 e. The summed E-state index contributed by atoms with van der Waals surface area (Å²) in [5.41, 5.74) is 3.44. The third-order valence-corrected chi connectivity index (χ3v) is 2.05. The van der Waals surface area contributed by atoms with Crippen LogP contribution in [0, 0.1) is 6.92 Å². The van der Waals surface area contributed by atoms with E-state index in [1.54, 1.807) is 6.33 Å². The highest BCUT2D eigenvalue weighted by Crippen LogP contribution is 2.22. The van der Waals surface area contributed by atoms with E-state index in [9.17, 15) is 0 Å². The molecule has 13 heavy (non-hydrogen) atoms. The lowest BCUT2D eigenvalue weighted by Gasteiger charge is -1.86. The Morgan fingerprint density at radius 3 is 3.23 bits per heavy atom. The van der Waals surface area contributed by atoms with E-state index in [1.807, 2.05) is 19.1 Å². The normalized spacial score (nSPS) is 11.5. The van der Waals surface area contributed by atoms with Gasteiger partial charge in [0.1, 0.15) is 11.0 Å². The van der Waals surface area contributed by atoms with E-state index in [0.717, 1.165) is 22.1 Å². The maximum absolute atomic E-state index is 5.45. The second kappa shape index (κ2) is 2.10. The zero-order valence-electron chi connectivity index (χ0n) is 7.03. The van der Waals surface area contributed by atoms with Crippen molar-refractivity contribution in [3.63, 3.8) is 0 Å². The van der Waals surface area contributed by atoms with E-state index >= 15 is 0 Å². The smallest absolute Gasteiger partial charge is 0.192 e. The SMILES string of the molecule is Cc1nc2ccc3[nH]cnc3c2o1. The van der Waals surface area contributed by atoms with E-state index in [0.29, 0.717) is 5.89 Å². The van der Waals surface area contributed by atoms with Gasteiger partial charge in [0, 0.05) is 6.92 Å². The Hall–Kier alpha value is -1.84. The summed E-state index contributed by atoms with van der Waals surface area (Å²) in [5, 5.41) is 0. The van der Waals surface area contributed by atoms with Crippen molar-refractivity contribution in [1.82, 2.24) is 15.0 Å². The number of oxazole rings is 1. The van der Waals surface area contributed by atoms with Gasteiger partial charge in [0.25, 0.3) is 0 Å². The van der Waals surface area contributed by atoms with Gasteiger partial charge >= 0.3 is 0 Å². The van der Waals surface area contributed by atoms with E-state index in [1.165, 1.54) is 0 Å². The summed E-state index contributed by atoms with van der Waals surface area (Å²) in [5.74, 6) is 0.672. The Morgan fingerprint density at radius 1 is 1.38 bits per heavy atom. The van der Waals surface area contributed by atoms with Gasteiger partial charge in [-0.3, -0.25) is 0 Å². The summed E-state index contributed by atoms with van der Waals surface area (Å²) in [4.78, 5) is 11.4. The molecule has 0 amide bonds. The Kier molecular flexibility index (Phi) is 1.07. The second-order valence-corrected chi connectivity index (χ2v) is 2.95. The van der Waals surface area contributed by atoms with Crippen LogP contribution in [-0.2, 0) is 0 Å². The number of aryl methyl sites for hydroxylation is 1. The van der Waals surface area contributed by atoms with Crippen LogP contribution in [0.4, 0.5) is 0 Å². The molecule has 0 radical (unpaired) electrons. The Labute approximate surface area is 73.6 Å². The highest BCUT2D eigenvalue weighted by atomic mass is 16.3. The minimum atomic E-state index is 0.672. The molecule has 3 aromatic rings. The summed E-state index contributed by atoms with van der Waals surface area (Å²) < 4.78 is 5.45. The monoisotopic (exact) mass is 173 g/mol. The molecule has 4 heteroatoms. The van der Waals surface area contributed by atoms with Gasteiger partial charge in [-0.2, -0.15) is 0 Å². The highest BCUT2D eigenvalue weighted by molar-refractivity contribution is 5.98. The number of aromatic nitrogens is 3. The lowest BCUT2D eigenvalue weighted by atomic mass is 10.3. The minimum Gasteiger partial charge on any atom is -0.439 e. The molecule has 2 aromatic heterocycles. The predicted molar refractivity (Wildman–Crippen MR) is 48.4 cm³/mol. The summed E-state index contributed by atoms with van der Waals surface area (Å²) in [6.45, 7) is 1.83. The fourth-order valence-electron chi connectivity index (χ4n) is 1.50. The van der Waals surface area contributed by atoms with E-state index in [-0.39, 0.29) is 0 Å². The van der Waals surface area contributed by atoms with Gasteiger partial charge in [-0.1, -0.05) is 0 Å². The van der Waals surface area contributed by atoms with Gasteiger partial charge in [0.05, 0.1) is 11.8 Å². The highest BCUT2D eigenvalue weighted by Gasteiger charge is 2.07. The Balaban J connectivity index is 2.64. The van der Waals surface area contributed by atoms with Gasteiger partial charge < -0.3 is 9.40 Å². The molecule has 0 fully saturated rings. The molecule has 0 saturated heterocycles. The van der Waals surface area contributed by atoms with Crippen molar-refractivity contribution >= 4 is 22.1 Å². The molecule has 3 rings (SSSR count). The number of hydrogen-bond acceptors (Lipinski definition) is 3. The predicted octanol–water partition coefficient (Wildman–Crippen LogP) is 2.01. The number of rotatable bonds is 0. The van der Waals surface area contributed by atoms with Crippen molar-refractivity contribution in [3.05, 3.63) is 24.4 Å². The first-order valence-electron chi connectivity index (χ1n) is 4.04. The number of H-pyrrole nitrogens is 1. The molecule has 0 bridgehead atoms. The van der Waals surface area contributed by atoms with Crippen LogP contribution in [0.2, 0.25) is 0 Å². The average molecular weight is 173 g/mol. The Bertz CT molecular complexity index is 579. The molecular formula is C9H7N3O. The van der Waals surface area contributed by atoms with Crippen LogP contribution in [-0.4, -0.2) is 15.0 Å². The zero-order chi connectivity index (χ0) is 8.84. The van der Waals surface area contributed by atoms with Crippen LogP contribution >= 0.6 is 0 Å². The van der Waals surface area contributed by atoms with E-state index in [4.69, 9.17) is 4.42 Å². The van der Waals surface area contributed by atoms with Crippen LogP contribution in [0.1, 0.15) is 5.89 Å². The maximum atomic E-state index is 5.45. The Morgan fingerprint density at radius 2 is 2.31 bits per heavy atom. The molecule has 1 N–H and O–H groups in total. The summed E-state index contributed by atoms with van der Waals surface area (Å²) in [7, 11) is 0. The third-order valence-electron chi connectivity index (χ3n) is 2.05. The zero-order valence-corrected chi connectivity index (χ0v) is 7.03. The number of hydrogen-bond donors (Lipinski definition) is 1. The van der Waals surface area contributed by atoms with Crippen LogP contribution in [0.5, 0.6) is 0 Å². The fourth-order valence-corrected chi connectivity index (χ4v) is 1.50. The first-order valence-corrected chi connectivity index (χ1v) is 4.04. The first-order chi connectivity index (χ1) is 6.34. The van der Waals surface area contributed by atoms with Gasteiger partial charge in [-0.15, -0.1) is 0 Å². The van der Waals surface area contributed by atoms with Crippen molar-refractivity contribution in [2.75, 3.05) is 0 Å². The maximum Gasteiger partial charge on any atom is 0.192 e. The molecular weight excluding hydrogens is 166 g/mol. The van der Waals surface area contributed by atoms with Crippen LogP contribution in [0.15, 0.2) is 22.9 Å². The van der Waals surface area contributed by atoms with Gasteiger partial charge in [-0.25, -0.2) is 9.97 Å². The van der Waals surface area contributed by atoms with Gasteiger partial charge in [0.2, 0.25) is 0 Å². The molecule has 0 spiro atoms. The number of aromatic amines is 1. The standard InChI is InChI=1S/C9H7N3O/c1-5-12-7-3-2-6-8(9(7)13-5)11-4-10-6/h2-4H,1H3,(H,10,11). The molecule has 1 aromatic carbocycles. The molecule has 64 valence electrons.